The minimum atomic E-state index is -0.302. The number of para-hydroxylation sites is 1. The molecule has 90 valence electrons. The highest BCUT2D eigenvalue weighted by atomic mass is 79.9. The van der Waals surface area contributed by atoms with Gasteiger partial charge in [0.25, 0.3) is 0 Å². The molecular formula is C12H11BrClFN2. The molecule has 0 spiro atoms. The number of hydrogen-bond acceptors (Lipinski definition) is 1. The van der Waals surface area contributed by atoms with Gasteiger partial charge >= 0.3 is 0 Å². The van der Waals surface area contributed by atoms with Crippen molar-refractivity contribution < 1.29 is 4.39 Å². The predicted octanol–water partition coefficient (Wildman–Crippen LogP) is 4.18. The smallest absolute Gasteiger partial charge is 0.149 e. The lowest BCUT2D eigenvalue weighted by atomic mass is 10.2. The molecule has 2 rings (SSSR count). The van der Waals surface area contributed by atoms with Gasteiger partial charge in [0, 0.05) is 5.33 Å². The van der Waals surface area contributed by atoms with Crippen LogP contribution in [0.2, 0.25) is 5.02 Å². The molecule has 5 heteroatoms. The average Bonchev–Trinajstić information content (AvgIpc) is 2.56. The molecule has 1 aromatic carbocycles. The topological polar surface area (TPSA) is 17.8 Å². The zero-order chi connectivity index (χ0) is 12.6. The monoisotopic (exact) mass is 316 g/mol. The molecule has 0 unspecified atom stereocenters. The van der Waals surface area contributed by atoms with Crippen molar-refractivity contribution in [1.82, 2.24) is 9.78 Å². The number of aryl methyl sites for hydroxylation is 1. The van der Waals surface area contributed by atoms with Gasteiger partial charge in [0.2, 0.25) is 0 Å². The molecule has 0 aliphatic rings. The Labute approximate surface area is 113 Å². The molecule has 0 saturated carbocycles. The summed E-state index contributed by atoms with van der Waals surface area (Å²) >= 11 is 9.43. The van der Waals surface area contributed by atoms with Crippen LogP contribution in [0.25, 0.3) is 5.69 Å². The lowest BCUT2D eigenvalue weighted by molar-refractivity contribution is 0.606. The first-order valence-corrected chi connectivity index (χ1v) is 6.61. The molecule has 1 aromatic heterocycles. The van der Waals surface area contributed by atoms with Gasteiger partial charge in [-0.15, -0.1) is 0 Å². The minimum absolute atomic E-state index is 0.302. The highest BCUT2D eigenvalue weighted by molar-refractivity contribution is 9.08. The first-order valence-electron chi connectivity index (χ1n) is 5.11. The Bertz CT molecular complexity index is 566. The zero-order valence-corrected chi connectivity index (χ0v) is 11.8. The van der Waals surface area contributed by atoms with E-state index in [4.69, 9.17) is 11.6 Å². The fourth-order valence-electron chi connectivity index (χ4n) is 1.75. The third-order valence-corrected chi connectivity index (χ3v) is 3.78. The molecule has 0 aliphatic heterocycles. The zero-order valence-electron chi connectivity index (χ0n) is 9.47. The van der Waals surface area contributed by atoms with Gasteiger partial charge in [-0.1, -0.05) is 39.7 Å². The third-order valence-electron chi connectivity index (χ3n) is 2.63. The summed E-state index contributed by atoms with van der Waals surface area (Å²) in [5.74, 6) is -0.302. The molecule has 0 bridgehead atoms. The molecule has 0 amide bonds. The van der Waals surface area contributed by atoms with E-state index in [1.165, 1.54) is 6.07 Å². The van der Waals surface area contributed by atoms with Crippen LogP contribution in [-0.4, -0.2) is 9.78 Å². The first kappa shape index (κ1) is 12.6. The van der Waals surface area contributed by atoms with Crippen molar-refractivity contribution in [3.63, 3.8) is 0 Å². The Morgan fingerprint density at radius 2 is 2.12 bits per heavy atom. The van der Waals surface area contributed by atoms with Gasteiger partial charge in [-0.05, 0) is 25.5 Å². The van der Waals surface area contributed by atoms with Gasteiger partial charge in [-0.25, -0.2) is 9.07 Å². The Balaban J connectivity index is 2.72. The van der Waals surface area contributed by atoms with E-state index in [2.05, 4.69) is 21.0 Å². The van der Waals surface area contributed by atoms with Crippen LogP contribution in [-0.2, 0) is 5.33 Å². The normalized spacial score (nSPS) is 10.9. The molecule has 0 N–H and O–H groups in total. The summed E-state index contributed by atoms with van der Waals surface area (Å²) in [6, 6.07) is 4.96. The van der Waals surface area contributed by atoms with Crippen molar-refractivity contribution in [2.24, 2.45) is 0 Å². The summed E-state index contributed by atoms with van der Waals surface area (Å²) in [7, 11) is 0. The third kappa shape index (κ3) is 2.11. The summed E-state index contributed by atoms with van der Waals surface area (Å²) in [5, 5.41) is 5.42. The van der Waals surface area contributed by atoms with Crippen LogP contribution in [0.15, 0.2) is 18.2 Å². The maximum atomic E-state index is 13.9. The van der Waals surface area contributed by atoms with E-state index in [0.29, 0.717) is 21.7 Å². The van der Waals surface area contributed by atoms with Gasteiger partial charge in [-0.3, -0.25) is 0 Å². The molecule has 0 aliphatic carbocycles. The SMILES string of the molecule is Cc1nn(-c2c(F)cccc2CBr)c(C)c1Cl. The molecule has 0 fully saturated rings. The minimum Gasteiger partial charge on any atom is -0.233 e. The summed E-state index contributed by atoms with van der Waals surface area (Å²) in [6.45, 7) is 3.63. The lowest BCUT2D eigenvalue weighted by Gasteiger charge is -2.10. The predicted molar refractivity (Wildman–Crippen MR) is 70.6 cm³/mol. The lowest BCUT2D eigenvalue weighted by Crippen LogP contribution is -2.05. The summed E-state index contributed by atoms with van der Waals surface area (Å²) in [5.41, 5.74) is 2.74. The summed E-state index contributed by atoms with van der Waals surface area (Å²) in [6.07, 6.45) is 0. The first-order chi connectivity index (χ1) is 8.06. The molecule has 2 aromatic rings. The second-order valence-corrected chi connectivity index (χ2v) is 4.72. The Morgan fingerprint density at radius 3 is 2.65 bits per heavy atom. The molecular weight excluding hydrogens is 307 g/mol. The van der Waals surface area contributed by atoms with Crippen molar-refractivity contribution in [1.29, 1.82) is 0 Å². The van der Waals surface area contributed by atoms with Crippen LogP contribution in [0.5, 0.6) is 0 Å². The summed E-state index contributed by atoms with van der Waals surface area (Å²) in [4.78, 5) is 0. The molecule has 0 radical (unpaired) electrons. The number of halogens is 3. The number of benzene rings is 1. The van der Waals surface area contributed by atoms with Crippen LogP contribution in [0, 0.1) is 19.7 Å². The van der Waals surface area contributed by atoms with E-state index in [1.807, 2.05) is 13.0 Å². The van der Waals surface area contributed by atoms with E-state index < -0.39 is 0 Å². The molecule has 17 heavy (non-hydrogen) atoms. The van der Waals surface area contributed by atoms with Gasteiger partial charge < -0.3 is 0 Å². The van der Waals surface area contributed by atoms with Gasteiger partial charge in [0.15, 0.2) is 0 Å². The van der Waals surface area contributed by atoms with E-state index in [9.17, 15) is 4.39 Å². The van der Waals surface area contributed by atoms with Crippen molar-refractivity contribution >= 4 is 27.5 Å². The fraction of sp³-hybridized carbons (Fsp3) is 0.250. The van der Waals surface area contributed by atoms with Gasteiger partial charge in [-0.2, -0.15) is 5.10 Å². The van der Waals surface area contributed by atoms with Crippen molar-refractivity contribution in [2.75, 3.05) is 0 Å². The van der Waals surface area contributed by atoms with Crippen LogP contribution in [0.1, 0.15) is 17.0 Å². The quantitative estimate of drug-likeness (QED) is 0.760. The largest absolute Gasteiger partial charge is 0.233 e. The van der Waals surface area contributed by atoms with E-state index in [0.717, 1.165) is 11.3 Å². The molecule has 0 atom stereocenters. The standard InChI is InChI=1S/C12H11BrClFN2/c1-7-11(14)8(2)17(16-7)12-9(6-13)4-3-5-10(12)15/h3-5H,6H2,1-2H3. The highest BCUT2D eigenvalue weighted by Gasteiger charge is 2.16. The molecule has 0 saturated heterocycles. The highest BCUT2D eigenvalue weighted by Crippen LogP contribution is 2.26. The number of aromatic nitrogens is 2. The number of nitrogens with zero attached hydrogens (tertiary/aromatic N) is 2. The number of hydrogen-bond donors (Lipinski definition) is 0. The van der Waals surface area contributed by atoms with Gasteiger partial charge in [0.05, 0.1) is 16.4 Å². The van der Waals surface area contributed by atoms with Crippen LogP contribution >= 0.6 is 27.5 Å². The van der Waals surface area contributed by atoms with E-state index >= 15 is 0 Å². The maximum Gasteiger partial charge on any atom is 0.149 e. The second-order valence-electron chi connectivity index (χ2n) is 3.78. The number of rotatable bonds is 2. The number of alkyl halides is 1. The van der Waals surface area contributed by atoms with Gasteiger partial charge in [0.1, 0.15) is 11.5 Å². The van der Waals surface area contributed by atoms with Crippen LogP contribution in [0.3, 0.4) is 0 Å². The van der Waals surface area contributed by atoms with E-state index in [-0.39, 0.29) is 5.82 Å². The molecule has 1 heterocycles. The Morgan fingerprint density at radius 1 is 1.41 bits per heavy atom. The van der Waals surface area contributed by atoms with Crippen LogP contribution in [0.4, 0.5) is 4.39 Å². The van der Waals surface area contributed by atoms with Crippen molar-refractivity contribution in [3.05, 3.63) is 46.0 Å². The maximum absolute atomic E-state index is 13.9. The van der Waals surface area contributed by atoms with E-state index in [1.54, 1.807) is 17.7 Å². The van der Waals surface area contributed by atoms with Crippen LogP contribution < -0.4 is 0 Å². The Hall–Kier alpha value is -0.870. The van der Waals surface area contributed by atoms with Crippen molar-refractivity contribution in [3.8, 4) is 5.69 Å². The van der Waals surface area contributed by atoms with Crippen molar-refractivity contribution in [2.45, 2.75) is 19.2 Å². The Kier molecular flexibility index (Phi) is 3.54. The average molecular weight is 318 g/mol. The second kappa shape index (κ2) is 4.78. The summed E-state index contributed by atoms with van der Waals surface area (Å²) < 4.78 is 15.5. The molecule has 2 nitrogen and oxygen atoms in total. The fourth-order valence-corrected chi connectivity index (χ4v) is 2.32.